The Morgan fingerprint density at radius 2 is 1.81 bits per heavy atom. The molecule has 3 N–H and O–H groups in total. The molecule has 0 spiro atoms. The topological polar surface area (TPSA) is 120 Å². The first kappa shape index (κ1) is 23.0. The third-order valence-electron chi connectivity index (χ3n) is 5.91. The molecule has 0 saturated carbocycles. The number of imidazole rings is 1. The van der Waals surface area contributed by atoms with Crippen molar-refractivity contribution in [1.29, 1.82) is 0 Å². The molecule has 0 amide bonds. The molecule has 0 fully saturated rings. The van der Waals surface area contributed by atoms with Crippen molar-refractivity contribution in [1.82, 2.24) is 15.0 Å². The first-order valence-corrected chi connectivity index (χ1v) is 11.7. The smallest absolute Gasteiger partial charge is 0.270 e. The minimum atomic E-state index is -0.451. The van der Waals surface area contributed by atoms with Crippen molar-refractivity contribution >= 4 is 28.0 Å². The summed E-state index contributed by atoms with van der Waals surface area (Å²) in [5.74, 6) is 1.37. The van der Waals surface area contributed by atoms with E-state index in [9.17, 15) is 15.2 Å². The molecule has 0 aliphatic carbocycles. The van der Waals surface area contributed by atoms with Crippen molar-refractivity contribution in [3.05, 3.63) is 106 Å². The van der Waals surface area contributed by atoms with Gasteiger partial charge in [-0.2, -0.15) is 0 Å². The molecule has 0 saturated heterocycles. The van der Waals surface area contributed by atoms with Gasteiger partial charge in [0.1, 0.15) is 5.82 Å². The molecule has 0 aliphatic heterocycles. The van der Waals surface area contributed by atoms with E-state index in [1.54, 1.807) is 6.07 Å². The number of non-ortho nitro benzene ring substituents is 1. The first-order valence-electron chi connectivity index (χ1n) is 11.7. The van der Waals surface area contributed by atoms with Gasteiger partial charge in [0.2, 0.25) is 0 Å². The number of H-pyrrole nitrogens is 2. The third kappa shape index (κ3) is 4.61. The molecular formula is C28H25N5O3. The van der Waals surface area contributed by atoms with Crippen LogP contribution in [0.25, 0.3) is 22.2 Å². The highest BCUT2D eigenvalue weighted by Crippen LogP contribution is 2.34. The molecule has 0 atom stereocenters. The number of aliphatic imine (C=N–C) groups is 1. The van der Waals surface area contributed by atoms with Crippen LogP contribution in [0.4, 0.5) is 11.4 Å². The number of nitrogens with one attached hydrogen (secondary N) is 2. The number of aromatic nitrogens is 3. The monoisotopic (exact) mass is 479 g/mol. The van der Waals surface area contributed by atoms with Crippen molar-refractivity contribution in [3.8, 4) is 17.1 Å². The average molecular weight is 480 g/mol. The highest BCUT2D eigenvalue weighted by atomic mass is 16.6. The molecule has 36 heavy (non-hydrogen) atoms. The van der Waals surface area contributed by atoms with Crippen LogP contribution in [-0.2, 0) is 6.42 Å². The molecule has 0 aliphatic rings. The van der Waals surface area contributed by atoms with Crippen molar-refractivity contribution in [3.63, 3.8) is 0 Å². The number of hydrogen-bond acceptors (Lipinski definition) is 5. The Morgan fingerprint density at radius 3 is 2.50 bits per heavy atom. The average Bonchev–Trinajstić information content (AvgIpc) is 3.46. The molecule has 0 bridgehead atoms. The van der Waals surface area contributed by atoms with Gasteiger partial charge in [-0.15, -0.1) is 0 Å². The lowest BCUT2D eigenvalue weighted by Gasteiger charge is -2.08. The molecule has 180 valence electrons. The Balaban J connectivity index is 1.58. The van der Waals surface area contributed by atoms with E-state index in [-0.39, 0.29) is 11.6 Å². The zero-order valence-corrected chi connectivity index (χ0v) is 19.9. The Morgan fingerprint density at radius 1 is 1.06 bits per heavy atom. The van der Waals surface area contributed by atoms with Gasteiger partial charge >= 0.3 is 0 Å². The first-order chi connectivity index (χ1) is 17.4. The Labute approximate surface area is 207 Å². The van der Waals surface area contributed by atoms with Gasteiger partial charge in [0, 0.05) is 35.0 Å². The minimum absolute atomic E-state index is 0.0593. The molecule has 2 aromatic heterocycles. The van der Waals surface area contributed by atoms with E-state index in [1.165, 1.54) is 12.1 Å². The fraction of sp³-hybridized carbons (Fsp3) is 0.143. The highest BCUT2D eigenvalue weighted by molar-refractivity contribution is 6.22. The predicted molar refractivity (Wildman–Crippen MR) is 141 cm³/mol. The fourth-order valence-electron chi connectivity index (χ4n) is 4.22. The van der Waals surface area contributed by atoms with E-state index in [0.717, 1.165) is 29.1 Å². The van der Waals surface area contributed by atoms with Crippen molar-refractivity contribution in [2.24, 2.45) is 10.9 Å². The lowest BCUT2D eigenvalue weighted by molar-refractivity contribution is -0.384. The van der Waals surface area contributed by atoms with Gasteiger partial charge < -0.3 is 15.1 Å². The van der Waals surface area contributed by atoms with Crippen LogP contribution < -0.4 is 0 Å². The molecule has 0 unspecified atom stereocenters. The number of hydrogen-bond donors (Lipinski definition) is 3. The maximum Gasteiger partial charge on any atom is 0.270 e. The number of aromatic hydroxyl groups is 1. The summed E-state index contributed by atoms with van der Waals surface area (Å²) in [6.45, 7) is 4.31. The summed E-state index contributed by atoms with van der Waals surface area (Å²) in [4.78, 5) is 26.6. The van der Waals surface area contributed by atoms with E-state index >= 15 is 0 Å². The Bertz CT molecular complexity index is 1560. The van der Waals surface area contributed by atoms with Gasteiger partial charge in [0.15, 0.2) is 5.88 Å². The van der Waals surface area contributed by atoms with Crippen LogP contribution in [0.5, 0.6) is 5.88 Å². The van der Waals surface area contributed by atoms with E-state index in [1.807, 2.05) is 60.8 Å². The van der Waals surface area contributed by atoms with E-state index < -0.39 is 4.92 Å². The molecule has 2 heterocycles. The quantitative estimate of drug-likeness (QED) is 0.139. The zero-order valence-electron chi connectivity index (χ0n) is 19.9. The van der Waals surface area contributed by atoms with Gasteiger partial charge in [0.25, 0.3) is 5.69 Å². The molecule has 3 aromatic carbocycles. The van der Waals surface area contributed by atoms with Gasteiger partial charge in [0.05, 0.1) is 33.8 Å². The number of nitro benzene ring substituents is 1. The largest absolute Gasteiger partial charge is 0.494 e. The summed E-state index contributed by atoms with van der Waals surface area (Å²) >= 11 is 0. The lowest BCUT2D eigenvalue weighted by atomic mass is 10.0. The Kier molecular flexibility index (Phi) is 6.08. The predicted octanol–water partition coefficient (Wildman–Crippen LogP) is 6.54. The maximum atomic E-state index is 11.4. The van der Waals surface area contributed by atoms with Crippen LogP contribution >= 0.6 is 0 Å². The Hall–Kier alpha value is -4.72. The van der Waals surface area contributed by atoms with E-state index in [0.29, 0.717) is 33.8 Å². The number of nitro groups is 1. The summed E-state index contributed by atoms with van der Waals surface area (Å²) in [6, 6.07) is 21.6. The minimum Gasteiger partial charge on any atom is -0.494 e. The van der Waals surface area contributed by atoms with Crippen LogP contribution in [-0.4, -0.2) is 30.7 Å². The van der Waals surface area contributed by atoms with Crippen molar-refractivity contribution < 1.29 is 10.0 Å². The number of benzene rings is 3. The number of rotatable bonds is 7. The third-order valence-corrected chi connectivity index (χ3v) is 5.91. The lowest BCUT2D eigenvalue weighted by Crippen LogP contribution is -2.03. The van der Waals surface area contributed by atoms with E-state index in [2.05, 4.69) is 28.8 Å². The second-order valence-electron chi connectivity index (χ2n) is 9.05. The summed E-state index contributed by atoms with van der Waals surface area (Å²) in [5.41, 5.74) is 4.83. The van der Waals surface area contributed by atoms with Gasteiger partial charge in [-0.3, -0.25) is 10.1 Å². The normalized spacial score (nSPS) is 11.9. The van der Waals surface area contributed by atoms with Crippen molar-refractivity contribution in [2.75, 3.05) is 0 Å². The summed E-state index contributed by atoms with van der Waals surface area (Å²) in [5, 5.41) is 22.7. The SMILES string of the molecule is CC(C)Cc1ncc(-c2ccc(N=C(c3ccccc3)c3c(O)[nH]c4ccc([N+](=O)[O-])cc34)cc2)[nH]1. The maximum absolute atomic E-state index is 11.4. The van der Waals surface area contributed by atoms with Crippen LogP contribution in [0.1, 0.15) is 30.8 Å². The van der Waals surface area contributed by atoms with Crippen molar-refractivity contribution in [2.45, 2.75) is 20.3 Å². The second kappa shape index (κ2) is 9.50. The van der Waals surface area contributed by atoms with Gasteiger partial charge in [-0.05, 0) is 29.7 Å². The molecule has 5 aromatic rings. The zero-order chi connectivity index (χ0) is 25.2. The van der Waals surface area contributed by atoms with Crippen LogP contribution in [0, 0.1) is 16.0 Å². The fourth-order valence-corrected chi connectivity index (χ4v) is 4.22. The van der Waals surface area contributed by atoms with Crippen LogP contribution in [0.2, 0.25) is 0 Å². The highest BCUT2D eigenvalue weighted by Gasteiger charge is 2.21. The van der Waals surface area contributed by atoms with Gasteiger partial charge in [-0.25, -0.2) is 9.98 Å². The molecule has 5 rings (SSSR count). The molecule has 8 nitrogen and oxygen atoms in total. The van der Waals surface area contributed by atoms with Crippen LogP contribution in [0.15, 0.2) is 84.0 Å². The number of fused-ring (bicyclic) bond motifs is 1. The number of aromatic amines is 2. The van der Waals surface area contributed by atoms with E-state index in [4.69, 9.17) is 4.99 Å². The summed E-state index contributed by atoms with van der Waals surface area (Å²) in [6.07, 6.45) is 2.72. The molecule has 0 radical (unpaired) electrons. The molecule has 8 heteroatoms. The number of nitrogens with zero attached hydrogens (tertiary/aromatic N) is 3. The summed E-state index contributed by atoms with van der Waals surface area (Å²) in [7, 11) is 0. The summed E-state index contributed by atoms with van der Waals surface area (Å²) < 4.78 is 0. The van der Waals surface area contributed by atoms with Crippen LogP contribution in [0.3, 0.4) is 0 Å². The van der Waals surface area contributed by atoms with Gasteiger partial charge in [-0.1, -0.05) is 56.3 Å². The molecular weight excluding hydrogens is 454 g/mol. The standard InChI is InChI=1S/C28H25N5O3/c1-17(2)14-25-29-16-24(31-25)18-8-10-20(11-9-18)30-27(19-6-4-3-5-7-19)26-22-15-21(33(35)36)12-13-23(22)32-28(26)34/h3-13,15-17,32,34H,14H2,1-2H3,(H,29,31). The second-order valence-corrected chi connectivity index (χ2v) is 9.05.